The Kier molecular flexibility index (Phi) is 2.60. The molecular formula is C4H4NS. The van der Waals surface area contributed by atoms with Gasteiger partial charge in [0.1, 0.15) is 5.40 Å². The van der Waals surface area contributed by atoms with Gasteiger partial charge in [-0.1, -0.05) is 6.58 Å². The molecule has 0 saturated carbocycles. The van der Waals surface area contributed by atoms with Gasteiger partial charge in [0, 0.05) is 0 Å². The first-order chi connectivity index (χ1) is 2.77. The Morgan fingerprint density at radius 2 is 2.33 bits per heavy atom. The van der Waals surface area contributed by atoms with E-state index < -0.39 is 0 Å². The van der Waals surface area contributed by atoms with Gasteiger partial charge >= 0.3 is 0 Å². The van der Waals surface area contributed by atoms with Gasteiger partial charge in [-0.25, -0.2) is 0 Å². The third kappa shape index (κ3) is 3.58. The van der Waals surface area contributed by atoms with Crippen LogP contribution in [0.3, 0.4) is 0 Å². The van der Waals surface area contributed by atoms with E-state index in [0.29, 0.717) is 4.91 Å². The number of thiocyanates is 1. The SMILES string of the molecule is [CH2]C(=C)SC#N. The zero-order valence-electron chi connectivity index (χ0n) is 3.27. The molecule has 0 fully saturated rings. The lowest BCUT2D eigenvalue weighted by Gasteiger charge is -1.75. The van der Waals surface area contributed by atoms with E-state index >= 15 is 0 Å². The number of nitriles is 1. The average molecular weight is 98.1 g/mol. The van der Waals surface area contributed by atoms with Crippen LogP contribution in [0.15, 0.2) is 11.5 Å². The van der Waals surface area contributed by atoms with E-state index in [1.54, 1.807) is 0 Å². The van der Waals surface area contributed by atoms with Gasteiger partial charge in [0.15, 0.2) is 0 Å². The van der Waals surface area contributed by atoms with Crippen LogP contribution in [0.2, 0.25) is 0 Å². The standard InChI is InChI=1S/C4H4NS/c1-4(2)6-3-5/h1-2H2. The fourth-order valence-corrected chi connectivity index (χ4v) is 0.194. The summed E-state index contributed by atoms with van der Waals surface area (Å²) in [6.45, 7) is 6.75. The molecule has 0 aliphatic heterocycles. The van der Waals surface area contributed by atoms with Crippen molar-refractivity contribution in [3.8, 4) is 5.40 Å². The molecule has 0 unspecified atom stereocenters. The Balaban J connectivity index is 3.13. The molecule has 0 rings (SSSR count). The van der Waals surface area contributed by atoms with E-state index in [-0.39, 0.29) is 0 Å². The summed E-state index contributed by atoms with van der Waals surface area (Å²) in [6.07, 6.45) is 0. The van der Waals surface area contributed by atoms with Gasteiger partial charge in [-0.2, -0.15) is 5.26 Å². The molecule has 0 aromatic heterocycles. The molecule has 0 aromatic carbocycles. The summed E-state index contributed by atoms with van der Waals surface area (Å²) < 4.78 is 0. The van der Waals surface area contributed by atoms with Gasteiger partial charge in [0.2, 0.25) is 0 Å². The molecule has 0 aromatic rings. The van der Waals surface area contributed by atoms with Crippen molar-refractivity contribution in [2.75, 3.05) is 0 Å². The van der Waals surface area contributed by atoms with Crippen LogP contribution in [-0.2, 0) is 0 Å². The molecule has 2 heteroatoms. The van der Waals surface area contributed by atoms with Gasteiger partial charge in [-0.05, 0) is 23.6 Å². The van der Waals surface area contributed by atoms with Crippen LogP contribution in [0.25, 0.3) is 0 Å². The fourth-order valence-electron chi connectivity index (χ4n) is 0.0645. The molecule has 0 atom stereocenters. The maximum atomic E-state index is 7.85. The topological polar surface area (TPSA) is 23.8 Å². The number of nitrogens with zero attached hydrogens (tertiary/aromatic N) is 1. The number of rotatable bonds is 1. The van der Waals surface area contributed by atoms with E-state index in [1.807, 2.05) is 5.40 Å². The van der Waals surface area contributed by atoms with Crippen molar-refractivity contribution in [3.05, 3.63) is 18.4 Å². The Morgan fingerprint density at radius 1 is 1.83 bits per heavy atom. The summed E-state index contributed by atoms with van der Waals surface area (Å²) in [5.41, 5.74) is 0. The molecule has 0 aliphatic carbocycles. The second-order valence-corrected chi connectivity index (χ2v) is 1.70. The molecule has 0 spiro atoms. The summed E-state index contributed by atoms with van der Waals surface area (Å²) in [7, 11) is 0. The normalized spacial score (nSPS) is 6.67. The van der Waals surface area contributed by atoms with Crippen LogP contribution in [-0.4, -0.2) is 0 Å². The van der Waals surface area contributed by atoms with Gasteiger partial charge in [0.25, 0.3) is 0 Å². The van der Waals surface area contributed by atoms with Crippen molar-refractivity contribution in [3.63, 3.8) is 0 Å². The van der Waals surface area contributed by atoms with Crippen LogP contribution < -0.4 is 0 Å². The van der Waals surface area contributed by atoms with E-state index in [0.717, 1.165) is 11.8 Å². The van der Waals surface area contributed by atoms with Crippen molar-refractivity contribution < 1.29 is 0 Å². The first-order valence-electron chi connectivity index (χ1n) is 1.34. The predicted molar refractivity (Wildman–Crippen MR) is 27.7 cm³/mol. The Hall–Kier alpha value is -0.420. The smallest absolute Gasteiger partial charge is 0.138 e. The highest BCUT2D eigenvalue weighted by atomic mass is 32.2. The molecule has 0 saturated heterocycles. The van der Waals surface area contributed by atoms with Crippen molar-refractivity contribution in [1.82, 2.24) is 0 Å². The first-order valence-corrected chi connectivity index (χ1v) is 2.16. The zero-order valence-corrected chi connectivity index (χ0v) is 4.09. The quantitative estimate of drug-likeness (QED) is 0.464. The van der Waals surface area contributed by atoms with E-state index in [1.165, 1.54) is 0 Å². The van der Waals surface area contributed by atoms with Gasteiger partial charge in [0.05, 0.1) is 0 Å². The molecule has 6 heavy (non-hydrogen) atoms. The third-order valence-corrected chi connectivity index (χ3v) is 0.570. The number of thioether (sulfide) groups is 1. The lowest BCUT2D eigenvalue weighted by Crippen LogP contribution is -1.50. The highest BCUT2D eigenvalue weighted by Crippen LogP contribution is 2.06. The lowest BCUT2D eigenvalue weighted by molar-refractivity contribution is 1.57. The van der Waals surface area contributed by atoms with E-state index in [4.69, 9.17) is 5.26 Å². The Morgan fingerprint density at radius 3 is 2.33 bits per heavy atom. The second-order valence-electron chi connectivity index (χ2n) is 0.732. The Bertz CT molecular complexity index is 90.2. The molecule has 0 bridgehead atoms. The number of allylic oxidation sites excluding steroid dienone is 1. The molecular weight excluding hydrogens is 94.1 g/mol. The minimum atomic E-state index is 0.595. The highest BCUT2D eigenvalue weighted by Gasteiger charge is 1.76. The van der Waals surface area contributed by atoms with Gasteiger partial charge < -0.3 is 0 Å². The first kappa shape index (κ1) is 5.58. The summed E-state index contributed by atoms with van der Waals surface area (Å²) in [5.74, 6) is 0. The van der Waals surface area contributed by atoms with E-state index in [9.17, 15) is 0 Å². The Labute approximate surface area is 41.7 Å². The zero-order chi connectivity index (χ0) is 4.99. The van der Waals surface area contributed by atoms with Crippen LogP contribution in [0.1, 0.15) is 0 Å². The molecule has 0 amide bonds. The highest BCUT2D eigenvalue weighted by molar-refractivity contribution is 8.07. The minimum absolute atomic E-state index is 0.595. The minimum Gasteiger partial charge on any atom is -0.185 e. The van der Waals surface area contributed by atoms with Crippen molar-refractivity contribution >= 4 is 11.8 Å². The summed E-state index contributed by atoms with van der Waals surface area (Å²) >= 11 is 0.986. The molecule has 1 radical (unpaired) electrons. The fraction of sp³-hybridized carbons (Fsp3) is 0. The maximum absolute atomic E-state index is 7.85. The predicted octanol–water partition coefficient (Wildman–Crippen LogP) is 1.55. The molecule has 0 N–H and O–H groups in total. The largest absolute Gasteiger partial charge is 0.185 e. The van der Waals surface area contributed by atoms with Crippen LogP contribution in [0.4, 0.5) is 0 Å². The molecule has 1 nitrogen and oxygen atoms in total. The monoisotopic (exact) mass is 98.0 g/mol. The van der Waals surface area contributed by atoms with Crippen molar-refractivity contribution in [2.45, 2.75) is 0 Å². The second kappa shape index (κ2) is 2.80. The molecule has 31 valence electrons. The lowest BCUT2D eigenvalue weighted by atomic mass is 10.8. The van der Waals surface area contributed by atoms with Gasteiger partial charge in [-0.3, -0.25) is 0 Å². The molecule has 0 aliphatic rings. The molecule has 0 heterocycles. The van der Waals surface area contributed by atoms with Gasteiger partial charge in [-0.15, -0.1) is 0 Å². The van der Waals surface area contributed by atoms with Crippen LogP contribution >= 0.6 is 11.8 Å². The van der Waals surface area contributed by atoms with Crippen molar-refractivity contribution in [2.24, 2.45) is 0 Å². The number of hydrogen-bond acceptors (Lipinski definition) is 2. The summed E-state index contributed by atoms with van der Waals surface area (Å²) in [4.78, 5) is 0.595. The summed E-state index contributed by atoms with van der Waals surface area (Å²) in [5, 5.41) is 9.67. The number of hydrogen-bond donors (Lipinski definition) is 0. The summed E-state index contributed by atoms with van der Waals surface area (Å²) in [6, 6.07) is 0. The third-order valence-electron chi connectivity index (χ3n) is 0.190. The van der Waals surface area contributed by atoms with Crippen LogP contribution in [0.5, 0.6) is 0 Å². The van der Waals surface area contributed by atoms with E-state index in [2.05, 4.69) is 13.5 Å². The van der Waals surface area contributed by atoms with Crippen LogP contribution in [0, 0.1) is 17.6 Å². The van der Waals surface area contributed by atoms with Crippen molar-refractivity contribution in [1.29, 1.82) is 5.26 Å². The average Bonchev–Trinajstić information content (AvgIpc) is 1.35. The maximum Gasteiger partial charge on any atom is 0.138 e.